The molecule has 7 heavy (non-hydrogen) atoms. The van der Waals surface area contributed by atoms with Gasteiger partial charge in [-0.05, 0) is 0 Å². The van der Waals surface area contributed by atoms with E-state index in [-0.39, 0.29) is 6.54 Å². The number of aliphatic imine (C=N–C) groups is 1. The lowest BCUT2D eigenvalue weighted by atomic mass is 10.3. The van der Waals surface area contributed by atoms with E-state index in [1.54, 1.807) is 0 Å². The predicted octanol–water partition coefficient (Wildman–Crippen LogP) is -0.791. The first-order valence-corrected chi connectivity index (χ1v) is 1.87. The van der Waals surface area contributed by atoms with Gasteiger partial charge in [-0.25, -0.2) is 0 Å². The van der Waals surface area contributed by atoms with E-state index in [1.807, 2.05) is 0 Å². The quantitative estimate of drug-likeness (QED) is 0.372. The number of hydrogen-bond acceptors (Lipinski definition) is 3. The van der Waals surface area contributed by atoms with Gasteiger partial charge in [-0.2, -0.15) is 0 Å². The summed E-state index contributed by atoms with van der Waals surface area (Å²) in [5.41, 5.74) is 0. The van der Waals surface area contributed by atoms with Gasteiger partial charge in [0.1, 0.15) is 6.54 Å². The average Bonchev–Trinajstić information content (AvgIpc) is 1.91. The highest BCUT2D eigenvalue weighted by Crippen LogP contribution is 1.83. The third-order valence-corrected chi connectivity index (χ3v) is 0.718. The van der Waals surface area contributed by atoms with Crippen LogP contribution < -0.4 is 0 Å². The van der Waals surface area contributed by atoms with Gasteiger partial charge in [0, 0.05) is 0 Å². The maximum Gasteiger partial charge on any atom is 0.241 e. The number of carbonyl (C=O) groups excluding carboxylic acids is 2. The molecule has 0 aromatic heterocycles. The molecule has 0 N–H and O–H groups in total. The zero-order chi connectivity index (χ0) is 5.28. The lowest BCUT2D eigenvalue weighted by Gasteiger charge is -1.71. The van der Waals surface area contributed by atoms with Crippen LogP contribution in [0.25, 0.3) is 0 Å². The molecule has 0 atom stereocenters. The Morgan fingerprint density at radius 2 is 2.29 bits per heavy atom. The Balaban J connectivity index is 2.81. The smallest absolute Gasteiger partial charge is 0.241 e. The molecule has 0 amide bonds. The van der Waals surface area contributed by atoms with Crippen molar-refractivity contribution >= 4 is 17.8 Å². The molecular weight excluding hydrogens is 94.0 g/mol. The number of hydrogen-bond donors (Lipinski definition) is 0. The van der Waals surface area contributed by atoms with Crippen LogP contribution in [0.3, 0.4) is 0 Å². The van der Waals surface area contributed by atoms with Crippen LogP contribution in [0.1, 0.15) is 0 Å². The van der Waals surface area contributed by atoms with Crippen molar-refractivity contribution in [3.05, 3.63) is 0 Å². The summed E-state index contributed by atoms with van der Waals surface area (Å²) in [4.78, 5) is 23.6. The van der Waals surface area contributed by atoms with Crippen molar-refractivity contribution in [1.29, 1.82) is 0 Å². The molecule has 0 saturated carbocycles. The van der Waals surface area contributed by atoms with Crippen molar-refractivity contribution in [2.24, 2.45) is 4.99 Å². The van der Waals surface area contributed by atoms with Gasteiger partial charge in [0.05, 0.1) is 6.21 Å². The number of nitrogens with zero attached hydrogens (tertiary/aromatic N) is 1. The standard InChI is InChI=1S/C4H3NO2/c6-3-1-5-2-4(3)7/h1H,2H2. The summed E-state index contributed by atoms with van der Waals surface area (Å²) in [6, 6.07) is 0. The fourth-order valence-corrected chi connectivity index (χ4v) is 0.361. The van der Waals surface area contributed by atoms with Gasteiger partial charge in [0.2, 0.25) is 11.6 Å². The van der Waals surface area contributed by atoms with E-state index >= 15 is 0 Å². The van der Waals surface area contributed by atoms with Gasteiger partial charge in [-0.15, -0.1) is 0 Å². The molecule has 36 valence electrons. The van der Waals surface area contributed by atoms with Crippen LogP contribution in [-0.2, 0) is 9.59 Å². The summed E-state index contributed by atoms with van der Waals surface area (Å²) >= 11 is 0. The van der Waals surface area contributed by atoms with Gasteiger partial charge < -0.3 is 0 Å². The Morgan fingerprint density at radius 1 is 1.57 bits per heavy atom. The second kappa shape index (κ2) is 1.26. The minimum absolute atomic E-state index is 0.0544. The molecule has 0 fully saturated rings. The molecule has 3 heteroatoms. The SMILES string of the molecule is O=C1C=NCC1=O. The van der Waals surface area contributed by atoms with E-state index in [4.69, 9.17) is 0 Å². The van der Waals surface area contributed by atoms with Crippen molar-refractivity contribution in [1.82, 2.24) is 0 Å². The van der Waals surface area contributed by atoms with Gasteiger partial charge in [0.25, 0.3) is 0 Å². The average molecular weight is 97.1 g/mol. The van der Waals surface area contributed by atoms with Crippen molar-refractivity contribution < 1.29 is 9.59 Å². The summed E-state index contributed by atoms with van der Waals surface area (Å²) < 4.78 is 0. The minimum Gasteiger partial charge on any atom is -0.288 e. The molecule has 1 aliphatic heterocycles. The third kappa shape index (κ3) is 0.559. The van der Waals surface area contributed by atoms with Gasteiger partial charge in [0.15, 0.2) is 0 Å². The third-order valence-electron chi connectivity index (χ3n) is 0.718. The summed E-state index contributed by atoms with van der Waals surface area (Å²) in [6.45, 7) is 0.0544. The Labute approximate surface area is 40.0 Å². The normalized spacial score (nSPS) is 18.9. The molecule has 1 heterocycles. The molecule has 0 spiro atoms. The fraction of sp³-hybridized carbons (Fsp3) is 0.250. The fourth-order valence-electron chi connectivity index (χ4n) is 0.361. The Bertz CT molecular complexity index is 148. The Morgan fingerprint density at radius 3 is 2.43 bits per heavy atom. The summed E-state index contributed by atoms with van der Waals surface area (Å²) in [5, 5.41) is 0. The number of rotatable bonds is 0. The molecule has 3 nitrogen and oxygen atoms in total. The number of carbonyl (C=O) groups is 2. The number of Topliss-reactive ketones (excluding diaryl/α,β-unsaturated/α-hetero) is 2. The van der Waals surface area contributed by atoms with Crippen LogP contribution in [0.5, 0.6) is 0 Å². The largest absolute Gasteiger partial charge is 0.288 e. The van der Waals surface area contributed by atoms with Crippen LogP contribution in [0.2, 0.25) is 0 Å². The number of ketones is 2. The molecule has 0 unspecified atom stereocenters. The van der Waals surface area contributed by atoms with Crippen LogP contribution in [0, 0.1) is 0 Å². The minimum atomic E-state index is -0.472. The summed E-state index contributed by atoms with van der Waals surface area (Å²) in [7, 11) is 0. The molecular formula is C4H3NO2. The Kier molecular flexibility index (Phi) is 0.749. The summed E-state index contributed by atoms with van der Waals surface area (Å²) in [5.74, 6) is -0.875. The lowest BCUT2D eigenvalue weighted by molar-refractivity contribution is -0.130. The van der Waals surface area contributed by atoms with E-state index < -0.39 is 11.6 Å². The van der Waals surface area contributed by atoms with E-state index in [2.05, 4.69) is 4.99 Å². The second-order valence-electron chi connectivity index (χ2n) is 1.26. The van der Waals surface area contributed by atoms with E-state index in [9.17, 15) is 9.59 Å². The molecule has 0 aromatic rings. The van der Waals surface area contributed by atoms with Gasteiger partial charge in [-0.1, -0.05) is 0 Å². The summed E-state index contributed by atoms with van der Waals surface area (Å²) in [6.07, 6.45) is 1.06. The topological polar surface area (TPSA) is 46.5 Å². The van der Waals surface area contributed by atoms with E-state index in [1.165, 1.54) is 0 Å². The van der Waals surface area contributed by atoms with Crippen molar-refractivity contribution in [2.75, 3.05) is 6.54 Å². The maximum absolute atomic E-state index is 10.1. The van der Waals surface area contributed by atoms with Gasteiger partial charge in [-0.3, -0.25) is 14.6 Å². The Hall–Kier alpha value is -0.990. The molecule has 0 aromatic carbocycles. The van der Waals surface area contributed by atoms with Crippen molar-refractivity contribution in [2.45, 2.75) is 0 Å². The zero-order valence-corrected chi connectivity index (χ0v) is 3.55. The first kappa shape index (κ1) is 4.18. The van der Waals surface area contributed by atoms with Crippen molar-refractivity contribution in [3.63, 3.8) is 0 Å². The predicted molar refractivity (Wildman–Crippen MR) is 23.4 cm³/mol. The highest BCUT2D eigenvalue weighted by molar-refractivity contribution is 6.61. The molecule has 0 saturated heterocycles. The van der Waals surface area contributed by atoms with E-state index in [0.717, 1.165) is 6.21 Å². The first-order chi connectivity index (χ1) is 3.30. The first-order valence-electron chi connectivity index (χ1n) is 1.87. The lowest BCUT2D eigenvalue weighted by Crippen LogP contribution is -2.09. The van der Waals surface area contributed by atoms with E-state index in [0.29, 0.717) is 0 Å². The van der Waals surface area contributed by atoms with Crippen LogP contribution in [0.15, 0.2) is 4.99 Å². The van der Waals surface area contributed by atoms with Crippen LogP contribution in [-0.4, -0.2) is 24.3 Å². The van der Waals surface area contributed by atoms with Crippen LogP contribution in [0.4, 0.5) is 0 Å². The molecule has 1 rings (SSSR count). The molecule has 0 radical (unpaired) electrons. The second-order valence-corrected chi connectivity index (χ2v) is 1.26. The molecule has 0 aliphatic carbocycles. The highest BCUT2D eigenvalue weighted by Gasteiger charge is 2.14. The zero-order valence-electron chi connectivity index (χ0n) is 3.55. The van der Waals surface area contributed by atoms with Crippen LogP contribution >= 0.6 is 0 Å². The van der Waals surface area contributed by atoms with Gasteiger partial charge >= 0.3 is 0 Å². The molecule has 1 aliphatic rings. The molecule has 0 bridgehead atoms. The van der Waals surface area contributed by atoms with Crippen molar-refractivity contribution in [3.8, 4) is 0 Å². The monoisotopic (exact) mass is 97.0 g/mol. The highest BCUT2D eigenvalue weighted by atomic mass is 16.2. The maximum atomic E-state index is 10.1.